The molecule has 1 aliphatic carbocycles. The molecular formula is C22H23F3N4O4. The fraction of sp³-hybridized carbons (Fsp3) is 0.409. The van der Waals surface area contributed by atoms with Crippen LogP contribution in [0.3, 0.4) is 0 Å². The van der Waals surface area contributed by atoms with Crippen molar-refractivity contribution in [2.75, 3.05) is 22.5 Å². The Morgan fingerprint density at radius 1 is 1.30 bits per heavy atom. The zero-order valence-corrected chi connectivity index (χ0v) is 17.8. The number of rotatable bonds is 4. The van der Waals surface area contributed by atoms with Gasteiger partial charge in [0.1, 0.15) is 11.4 Å². The first-order valence-electron chi connectivity index (χ1n) is 10.4. The maximum absolute atomic E-state index is 12.8. The number of nitrogens with zero attached hydrogens (tertiary/aromatic N) is 2. The molecule has 2 heterocycles. The number of nitrogen functional groups attached to an aromatic ring is 1. The molecule has 11 heteroatoms. The number of hydrogen-bond acceptors (Lipinski definition) is 6. The first-order valence-corrected chi connectivity index (χ1v) is 10.4. The molecular weight excluding hydrogens is 441 g/mol. The number of carbonyl (C=O) groups excluding carboxylic acids is 2. The van der Waals surface area contributed by atoms with Gasteiger partial charge in [0.25, 0.3) is 0 Å². The number of carbonyl (C=O) groups is 2. The minimum Gasteiger partial charge on any atom is -0.441 e. The number of anilines is 3. The van der Waals surface area contributed by atoms with Gasteiger partial charge in [-0.3, -0.25) is 14.7 Å². The van der Waals surface area contributed by atoms with Crippen LogP contribution in [0.1, 0.15) is 31.4 Å². The van der Waals surface area contributed by atoms with Gasteiger partial charge in [-0.2, -0.15) is 0 Å². The molecule has 3 N–H and O–H groups in total. The van der Waals surface area contributed by atoms with Crippen LogP contribution in [0.5, 0.6) is 5.75 Å². The number of aryl methyl sites for hydroxylation is 1. The van der Waals surface area contributed by atoms with Crippen LogP contribution in [0, 0.1) is 12.8 Å². The van der Waals surface area contributed by atoms with Gasteiger partial charge in [0.05, 0.1) is 29.3 Å². The summed E-state index contributed by atoms with van der Waals surface area (Å²) >= 11 is 0. The predicted octanol–water partition coefficient (Wildman–Crippen LogP) is 4.40. The molecule has 1 saturated carbocycles. The Kier molecular flexibility index (Phi) is 5.81. The SMILES string of the molecule is Cc1ncccc1N1CC2(CCC(C(=O)Nc3cc(OC(F)(F)F)ccc3N)CC2)OC1=O. The lowest BCUT2D eigenvalue weighted by Crippen LogP contribution is -2.41. The number of amides is 2. The van der Waals surface area contributed by atoms with E-state index in [0.29, 0.717) is 43.6 Å². The van der Waals surface area contributed by atoms with E-state index in [0.717, 1.165) is 12.1 Å². The first-order chi connectivity index (χ1) is 15.6. The lowest BCUT2D eigenvalue weighted by molar-refractivity contribution is -0.274. The third kappa shape index (κ3) is 4.96. The van der Waals surface area contributed by atoms with E-state index < -0.39 is 29.7 Å². The Morgan fingerprint density at radius 2 is 2.03 bits per heavy atom. The Hall–Kier alpha value is -3.50. The summed E-state index contributed by atoms with van der Waals surface area (Å²) in [6.07, 6.45) is -1.76. The van der Waals surface area contributed by atoms with Crippen molar-refractivity contribution in [3.63, 3.8) is 0 Å². The van der Waals surface area contributed by atoms with Gasteiger partial charge in [-0.1, -0.05) is 0 Å². The van der Waals surface area contributed by atoms with Crippen molar-refractivity contribution in [3.8, 4) is 5.75 Å². The molecule has 1 aromatic carbocycles. The molecule has 2 amide bonds. The van der Waals surface area contributed by atoms with Gasteiger partial charge >= 0.3 is 12.5 Å². The van der Waals surface area contributed by atoms with Crippen LogP contribution in [-0.2, 0) is 9.53 Å². The highest BCUT2D eigenvalue weighted by Gasteiger charge is 2.48. The first kappa shape index (κ1) is 22.7. The number of alkyl halides is 3. The maximum Gasteiger partial charge on any atom is 0.573 e. The van der Waals surface area contributed by atoms with E-state index in [4.69, 9.17) is 10.5 Å². The molecule has 0 unspecified atom stereocenters. The quantitative estimate of drug-likeness (QED) is 0.650. The summed E-state index contributed by atoms with van der Waals surface area (Å²) < 4.78 is 47.0. The molecule has 33 heavy (non-hydrogen) atoms. The monoisotopic (exact) mass is 464 g/mol. The normalized spacial score (nSPS) is 22.8. The molecule has 2 aromatic rings. The highest BCUT2D eigenvalue weighted by Crippen LogP contribution is 2.41. The topological polar surface area (TPSA) is 107 Å². The average Bonchev–Trinajstić information content (AvgIpc) is 3.05. The highest BCUT2D eigenvalue weighted by molar-refractivity contribution is 5.96. The van der Waals surface area contributed by atoms with Crippen molar-refractivity contribution in [1.82, 2.24) is 4.98 Å². The van der Waals surface area contributed by atoms with Crippen LogP contribution >= 0.6 is 0 Å². The van der Waals surface area contributed by atoms with Crippen LogP contribution in [0.2, 0.25) is 0 Å². The Labute approximate surface area is 187 Å². The lowest BCUT2D eigenvalue weighted by atomic mass is 9.78. The van der Waals surface area contributed by atoms with Crippen molar-refractivity contribution in [1.29, 1.82) is 0 Å². The second-order valence-corrected chi connectivity index (χ2v) is 8.31. The molecule has 1 aromatic heterocycles. The fourth-order valence-corrected chi connectivity index (χ4v) is 4.31. The van der Waals surface area contributed by atoms with Gasteiger partial charge in [-0.25, -0.2) is 4.79 Å². The summed E-state index contributed by atoms with van der Waals surface area (Å²) in [4.78, 5) is 31.1. The fourth-order valence-electron chi connectivity index (χ4n) is 4.31. The number of halogens is 3. The summed E-state index contributed by atoms with van der Waals surface area (Å²) in [5.41, 5.74) is 6.70. The molecule has 0 bridgehead atoms. The van der Waals surface area contributed by atoms with Gasteiger partial charge in [0.15, 0.2) is 0 Å². The van der Waals surface area contributed by atoms with E-state index in [1.165, 1.54) is 6.07 Å². The van der Waals surface area contributed by atoms with Crippen molar-refractivity contribution < 1.29 is 32.2 Å². The number of ether oxygens (including phenoxy) is 2. The molecule has 1 aliphatic heterocycles. The van der Waals surface area contributed by atoms with Gasteiger partial charge in [-0.15, -0.1) is 13.2 Å². The van der Waals surface area contributed by atoms with Crippen molar-refractivity contribution in [2.45, 2.75) is 44.6 Å². The third-order valence-electron chi connectivity index (χ3n) is 6.02. The summed E-state index contributed by atoms with van der Waals surface area (Å²) in [6.45, 7) is 2.19. The van der Waals surface area contributed by atoms with Crippen LogP contribution < -0.4 is 20.7 Å². The number of benzene rings is 1. The number of nitrogens with two attached hydrogens (primary N) is 1. The third-order valence-corrected chi connectivity index (χ3v) is 6.02. The van der Waals surface area contributed by atoms with Crippen molar-refractivity contribution in [2.24, 2.45) is 5.92 Å². The minimum atomic E-state index is -4.85. The molecule has 0 atom stereocenters. The van der Waals surface area contributed by atoms with Gasteiger partial charge in [0.2, 0.25) is 5.91 Å². The van der Waals surface area contributed by atoms with E-state index in [1.54, 1.807) is 17.2 Å². The summed E-state index contributed by atoms with van der Waals surface area (Å²) in [6, 6.07) is 6.91. The van der Waals surface area contributed by atoms with Gasteiger partial charge in [0, 0.05) is 18.2 Å². The molecule has 2 aliphatic rings. The number of pyridine rings is 1. The molecule has 8 nitrogen and oxygen atoms in total. The molecule has 1 spiro atoms. The largest absolute Gasteiger partial charge is 0.573 e. The van der Waals surface area contributed by atoms with Crippen molar-refractivity contribution in [3.05, 3.63) is 42.2 Å². The van der Waals surface area contributed by atoms with E-state index in [1.807, 2.05) is 13.0 Å². The predicted molar refractivity (Wildman–Crippen MR) is 114 cm³/mol. The summed E-state index contributed by atoms with van der Waals surface area (Å²) in [7, 11) is 0. The Balaban J connectivity index is 1.39. The Bertz CT molecular complexity index is 1070. The molecule has 2 fully saturated rings. The standard InChI is InChI=1S/C22H23F3N4O4/c1-13-18(3-2-10-27-13)29-12-21(33-20(29)31)8-6-14(7-9-21)19(30)28-17-11-15(4-5-16(17)26)32-22(23,24)25/h2-5,10-11,14H,6-9,12,26H2,1H3,(H,28,30). The van der Waals surface area contributed by atoms with Crippen LogP contribution in [0.15, 0.2) is 36.5 Å². The summed E-state index contributed by atoms with van der Waals surface area (Å²) in [5.74, 6) is -1.22. The zero-order chi connectivity index (χ0) is 23.8. The van der Waals surface area contributed by atoms with E-state index in [9.17, 15) is 22.8 Å². The van der Waals surface area contributed by atoms with Crippen LogP contribution in [0.4, 0.5) is 35.0 Å². The van der Waals surface area contributed by atoms with E-state index in [-0.39, 0.29) is 17.3 Å². The van der Waals surface area contributed by atoms with Gasteiger partial charge in [-0.05, 0) is 56.9 Å². The van der Waals surface area contributed by atoms with Crippen LogP contribution in [0.25, 0.3) is 0 Å². The van der Waals surface area contributed by atoms with E-state index >= 15 is 0 Å². The highest BCUT2D eigenvalue weighted by atomic mass is 19.4. The van der Waals surface area contributed by atoms with Crippen LogP contribution in [-0.4, -0.2) is 35.5 Å². The smallest absolute Gasteiger partial charge is 0.441 e. The maximum atomic E-state index is 12.8. The Morgan fingerprint density at radius 3 is 2.70 bits per heavy atom. The second kappa shape index (κ2) is 8.45. The van der Waals surface area contributed by atoms with E-state index in [2.05, 4.69) is 15.0 Å². The number of nitrogens with one attached hydrogen (secondary N) is 1. The molecule has 176 valence electrons. The number of aromatic nitrogens is 1. The van der Waals surface area contributed by atoms with Gasteiger partial charge < -0.3 is 20.5 Å². The van der Waals surface area contributed by atoms with Crippen molar-refractivity contribution >= 4 is 29.1 Å². The minimum absolute atomic E-state index is 0.0487. The average molecular weight is 464 g/mol. The molecule has 1 saturated heterocycles. The lowest BCUT2D eigenvalue weighted by Gasteiger charge is -2.34. The molecule has 4 rings (SSSR count). The zero-order valence-electron chi connectivity index (χ0n) is 17.8. The second-order valence-electron chi connectivity index (χ2n) is 8.31. The number of hydrogen-bond donors (Lipinski definition) is 2. The molecule has 0 radical (unpaired) electrons. The summed E-state index contributed by atoms with van der Waals surface area (Å²) in [5, 5.41) is 2.60.